The minimum absolute atomic E-state index is 0.0193. The van der Waals surface area contributed by atoms with Gasteiger partial charge in [0.05, 0.1) is 11.9 Å². The molecule has 2 unspecified atom stereocenters. The summed E-state index contributed by atoms with van der Waals surface area (Å²) in [6.45, 7) is 5.33. The molecule has 118 valence electrons. The molecule has 0 spiro atoms. The van der Waals surface area contributed by atoms with E-state index >= 15 is 0 Å². The number of aryl methyl sites for hydroxylation is 1. The third-order valence-electron chi connectivity index (χ3n) is 4.66. The molecular weight excluding hydrogens is 292 g/mol. The van der Waals surface area contributed by atoms with Crippen LogP contribution in [0.3, 0.4) is 0 Å². The first-order valence-electron chi connectivity index (χ1n) is 7.81. The molecule has 2 atom stereocenters. The van der Waals surface area contributed by atoms with Gasteiger partial charge < -0.3 is 9.80 Å². The molecule has 2 aromatic heterocycles. The number of anilines is 1. The molecule has 2 aliphatic heterocycles. The average molecular weight is 310 g/mol. The van der Waals surface area contributed by atoms with Crippen molar-refractivity contribution in [3.05, 3.63) is 42.1 Å². The van der Waals surface area contributed by atoms with Crippen molar-refractivity contribution in [2.75, 3.05) is 31.1 Å². The molecule has 1 amide bonds. The molecule has 2 aliphatic rings. The van der Waals surface area contributed by atoms with Crippen molar-refractivity contribution >= 4 is 11.7 Å². The highest BCUT2D eigenvalue weighted by molar-refractivity contribution is 5.92. The van der Waals surface area contributed by atoms with E-state index < -0.39 is 0 Å². The molecule has 0 radical (unpaired) electrons. The average Bonchev–Trinajstić information content (AvgIpc) is 3.14. The predicted molar refractivity (Wildman–Crippen MR) is 83.9 cm³/mol. The van der Waals surface area contributed by atoms with Crippen LogP contribution in [0, 0.1) is 18.8 Å². The van der Waals surface area contributed by atoms with E-state index in [1.165, 1.54) is 6.20 Å². The van der Waals surface area contributed by atoms with Gasteiger partial charge in [-0.3, -0.25) is 9.78 Å². The molecule has 0 bridgehead atoms. The molecule has 0 saturated carbocycles. The van der Waals surface area contributed by atoms with Gasteiger partial charge in [-0.05, 0) is 19.1 Å². The zero-order valence-electron chi connectivity index (χ0n) is 13.0. The maximum absolute atomic E-state index is 12.5. The van der Waals surface area contributed by atoms with Crippen LogP contribution in [0.1, 0.15) is 16.2 Å². The summed E-state index contributed by atoms with van der Waals surface area (Å²) in [7, 11) is 0. The van der Waals surface area contributed by atoms with Crippen LogP contribution < -0.4 is 4.90 Å². The van der Waals surface area contributed by atoms with Crippen LogP contribution in [0.5, 0.6) is 0 Å². The number of hydrogen-bond acceptors (Lipinski definition) is 6. The quantitative estimate of drug-likeness (QED) is 0.816. The summed E-state index contributed by atoms with van der Waals surface area (Å²) >= 11 is 0. The highest BCUT2D eigenvalue weighted by Gasteiger charge is 2.42. The molecule has 0 aliphatic carbocycles. The molecule has 7 nitrogen and oxygen atoms in total. The normalized spacial score (nSPS) is 23.2. The zero-order valence-corrected chi connectivity index (χ0v) is 13.0. The van der Waals surface area contributed by atoms with E-state index in [9.17, 15) is 4.79 Å². The van der Waals surface area contributed by atoms with Gasteiger partial charge in [0.2, 0.25) is 0 Å². The van der Waals surface area contributed by atoms with Gasteiger partial charge >= 0.3 is 0 Å². The van der Waals surface area contributed by atoms with Crippen molar-refractivity contribution < 1.29 is 4.79 Å². The van der Waals surface area contributed by atoms with Gasteiger partial charge in [-0.2, -0.15) is 5.10 Å². The summed E-state index contributed by atoms with van der Waals surface area (Å²) in [6.07, 6.45) is 4.67. The van der Waals surface area contributed by atoms with Crippen LogP contribution in [0.25, 0.3) is 0 Å². The van der Waals surface area contributed by atoms with Crippen molar-refractivity contribution in [2.45, 2.75) is 6.92 Å². The molecule has 2 aromatic rings. The first-order chi connectivity index (χ1) is 11.2. The van der Waals surface area contributed by atoms with Gasteiger partial charge in [-0.25, -0.2) is 4.98 Å². The highest BCUT2D eigenvalue weighted by atomic mass is 16.2. The zero-order chi connectivity index (χ0) is 15.8. The lowest BCUT2D eigenvalue weighted by Crippen LogP contribution is -2.34. The van der Waals surface area contributed by atoms with Crippen molar-refractivity contribution in [2.24, 2.45) is 11.8 Å². The van der Waals surface area contributed by atoms with Crippen LogP contribution in [0.4, 0.5) is 5.82 Å². The van der Waals surface area contributed by atoms with Crippen molar-refractivity contribution in [1.29, 1.82) is 0 Å². The third kappa shape index (κ3) is 2.62. The molecule has 4 rings (SSSR count). The van der Waals surface area contributed by atoms with E-state index in [-0.39, 0.29) is 5.91 Å². The lowest BCUT2D eigenvalue weighted by Gasteiger charge is -2.21. The number of nitrogens with zero attached hydrogens (tertiary/aromatic N) is 6. The molecule has 4 heterocycles. The van der Waals surface area contributed by atoms with Crippen molar-refractivity contribution in [3.8, 4) is 0 Å². The van der Waals surface area contributed by atoms with Gasteiger partial charge in [0.25, 0.3) is 5.91 Å². The molecule has 7 heteroatoms. The van der Waals surface area contributed by atoms with E-state index in [2.05, 4.69) is 25.1 Å². The fourth-order valence-electron chi connectivity index (χ4n) is 3.48. The lowest BCUT2D eigenvalue weighted by molar-refractivity contribution is 0.0776. The summed E-state index contributed by atoms with van der Waals surface area (Å²) in [5.74, 6) is 1.88. The van der Waals surface area contributed by atoms with Crippen LogP contribution in [-0.4, -0.2) is 57.2 Å². The minimum Gasteiger partial charge on any atom is -0.354 e. The maximum Gasteiger partial charge on any atom is 0.274 e. The maximum atomic E-state index is 12.5. The van der Waals surface area contributed by atoms with Crippen LogP contribution >= 0.6 is 0 Å². The van der Waals surface area contributed by atoms with Crippen molar-refractivity contribution in [1.82, 2.24) is 25.1 Å². The van der Waals surface area contributed by atoms with E-state index in [1.54, 1.807) is 12.4 Å². The standard InChI is InChI=1S/C16H18N6O/c1-11-2-3-15(20-19-11)21-7-12-9-22(10-13(12)8-21)16(23)14-6-17-4-5-18-14/h2-6,12-13H,7-10H2,1H3. The number of likely N-dealkylation sites (tertiary alicyclic amines) is 1. The number of fused-ring (bicyclic) bond motifs is 1. The molecule has 2 fully saturated rings. The Balaban J connectivity index is 1.42. The highest BCUT2D eigenvalue weighted by Crippen LogP contribution is 2.33. The van der Waals surface area contributed by atoms with Crippen LogP contribution in [0.15, 0.2) is 30.7 Å². The van der Waals surface area contributed by atoms with E-state index in [0.29, 0.717) is 17.5 Å². The van der Waals surface area contributed by atoms with Gasteiger partial charge in [0.1, 0.15) is 5.69 Å². The van der Waals surface area contributed by atoms with Crippen LogP contribution in [-0.2, 0) is 0 Å². The monoisotopic (exact) mass is 310 g/mol. The Morgan fingerprint density at radius 1 is 1.09 bits per heavy atom. The second-order valence-corrected chi connectivity index (χ2v) is 6.26. The Morgan fingerprint density at radius 2 is 1.87 bits per heavy atom. The molecular formula is C16H18N6O. The van der Waals surface area contributed by atoms with Gasteiger partial charge in [-0.1, -0.05) is 0 Å². The van der Waals surface area contributed by atoms with Gasteiger partial charge in [-0.15, -0.1) is 5.10 Å². The first-order valence-corrected chi connectivity index (χ1v) is 7.81. The number of aromatic nitrogens is 4. The Morgan fingerprint density at radius 3 is 2.48 bits per heavy atom. The number of hydrogen-bond donors (Lipinski definition) is 0. The second-order valence-electron chi connectivity index (χ2n) is 6.26. The summed E-state index contributed by atoms with van der Waals surface area (Å²) in [5.41, 5.74) is 1.35. The Bertz CT molecular complexity index is 690. The molecule has 23 heavy (non-hydrogen) atoms. The summed E-state index contributed by atoms with van der Waals surface area (Å²) in [4.78, 5) is 24.7. The fourth-order valence-corrected chi connectivity index (χ4v) is 3.48. The topological polar surface area (TPSA) is 75.1 Å². The SMILES string of the molecule is Cc1ccc(N2CC3CN(C(=O)c4cnccn4)CC3C2)nn1. The molecule has 0 aromatic carbocycles. The summed E-state index contributed by atoms with van der Waals surface area (Å²) < 4.78 is 0. The largest absolute Gasteiger partial charge is 0.354 e. The van der Waals surface area contributed by atoms with E-state index in [1.807, 2.05) is 24.0 Å². The predicted octanol–water partition coefficient (Wildman–Crippen LogP) is 0.783. The molecule has 0 N–H and O–H groups in total. The second kappa shape index (κ2) is 5.57. The lowest BCUT2D eigenvalue weighted by atomic mass is 10.0. The molecule has 2 saturated heterocycles. The van der Waals surface area contributed by atoms with E-state index in [0.717, 1.165) is 37.7 Å². The van der Waals surface area contributed by atoms with Gasteiger partial charge in [0.15, 0.2) is 5.82 Å². The first kappa shape index (κ1) is 14.0. The minimum atomic E-state index is -0.0193. The Labute approximate surface area is 134 Å². The third-order valence-corrected chi connectivity index (χ3v) is 4.66. The van der Waals surface area contributed by atoms with Crippen LogP contribution in [0.2, 0.25) is 0 Å². The summed E-state index contributed by atoms with van der Waals surface area (Å²) in [5, 5.41) is 8.40. The summed E-state index contributed by atoms with van der Waals surface area (Å²) in [6, 6.07) is 4.01. The van der Waals surface area contributed by atoms with Crippen molar-refractivity contribution in [3.63, 3.8) is 0 Å². The Kier molecular flexibility index (Phi) is 3.40. The fraction of sp³-hybridized carbons (Fsp3) is 0.438. The number of rotatable bonds is 2. The van der Waals surface area contributed by atoms with Gasteiger partial charge in [0, 0.05) is 50.4 Å². The number of amides is 1. The number of carbonyl (C=O) groups excluding carboxylic acids is 1. The smallest absolute Gasteiger partial charge is 0.274 e. The Hall–Kier alpha value is -2.57. The van der Waals surface area contributed by atoms with E-state index in [4.69, 9.17) is 0 Å². The number of carbonyl (C=O) groups is 1.